The Morgan fingerprint density at radius 1 is 1.48 bits per heavy atom. The minimum atomic E-state index is -1.66. The van der Waals surface area contributed by atoms with Gasteiger partial charge in [0, 0.05) is 5.38 Å². The number of carbonyl (C=O) groups excluding carboxylic acids is 2. The Bertz CT molecular complexity index is 908. The van der Waals surface area contributed by atoms with Crippen molar-refractivity contribution in [3.63, 3.8) is 0 Å². The second kappa shape index (κ2) is 9.88. The number of carbonyl (C=O) groups is 4. The van der Waals surface area contributed by atoms with Gasteiger partial charge in [0.15, 0.2) is 10.8 Å². The van der Waals surface area contributed by atoms with Gasteiger partial charge >= 0.3 is 11.9 Å². The predicted molar refractivity (Wildman–Crippen MR) is 106 cm³/mol. The number of nitrogens with two attached hydrogens (primary N) is 1. The van der Waals surface area contributed by atoms with Crippen LogP contribution in [0.3, 0.4) is 0 Å². The van der Waals surface area contributed by atoms with Crippen LogP contribution >= 0.6 is 23.1 Å². The smallest absolute Gasteiger partial charge is 0.346 e. The van der Waals surface area contributed by atoms with Crippen LogP contribution in [0.5, 0.6) is 0 Å². The number of halogens is 1. The van der Waals surface area contributed by atoms with E-state index in [1.807, 2.05) is 0 Å². The highest BCUT2D eigenvalue weighted by atomic mass is 32.2. The second-order valence-electron chi connectivity index (χ2n) is 6.42. The van der Waals surface area contributed by atoms with Gasteiger partial charge in [-0.05, 0) is 13.8 Å². The number of nitrogens with one attached hydrogen (secondary N) is 1. The molecule has 16 heteroatoms. The average molecular weight is 479 g/mol. The number of aliphatic carboxylic acids is 2. The van der Waals surface area contributed by atoms with E-state index in [4.69, 9.17) is 20.8 Å². The van der Waals surface area contributed by atoms with Gasteiger partial charge in [0.2, 0.25) is 12.0 Å². The Labute approximate surface area is 182 Å². The Balaban J connectivity index is 2.15. The first-order valence-corrected chi connectivity index (χ1v) is 10.3. The average Bonchev–Trinajstić information content (AvgIpc) is 3.11. The fourth-order valence-corrected chi connectivity index (χ4v) is 3.38. The first-order valence-electron chi connectivity index (χ1n) is 8.34. The minimum Gasteiger partial charge on any atom is -0.479 e. The van der Waals surface area contributed by atoms with E-state index in [2.05, 4.69) is 20.3 Å². The molecule has 0 aromatic carbocycles. The zero-order chi connectivity index (χ0) is 23.3. The molecule has 2 atom stereocenters. The van der Waals surface area contributed by atoms with Gasteiger partial charge in [0.25, 0.3) is 11.8 Å². The Kier molecular flexibility index (Phi) is 7.75. The number of carboxylic acid groups (broad SMARTS) is 2. The molecule has 0 spiro atoms. The molecule has 2 rings (SSSR count). The van der Waals surface area contributed by atoms with E-state index in [1.54, 1.807) is 0 Å². The molecule has 1 unspecified atom stereocenters. The number of alkyl halides is 1. The summed E-state index contributed by atoms with van der Waals surface area (Å²) >= 11 is 1.32. The van der Waals surface area contributed by atoms with Crippen molar-refractivity contribution in [1.82, 2.24) is 15.4 Å². The highest BCUT2D eigenvalue weighted by Gasteiger charge is 2.57. The Morgan fingerprint density at radius 2 is 2.16 bits per heavy atom. The first kappa shape index (κ1) is 24.3. The van der Waals surface area contributed by atoms with Crippen LogP contribution in [0.2, 0.25) is 0 Å². The summed E-state index contributed by atoms with van der Waals surface area (Å²) in [6.07, 6.45) is 0. The zero-order valence-electron chi connectivity index (χ0n) is 16.1. The number of aromatic nitrogens is 1. The third-order valence-corrected chi connectivity index (χ3v) is 5.28. The maximum Gasteiger partial charge on any atom is 0.346 e. The maximum atomic E-state index is 12.7. The maximum absolute atomic E-state index is 12.7. The molecular formula is C15H18FN5O8S2. The molecular weight excluding hydrogens is 461 g/mol. The Morgan fingerprint density at radius 3 is 2.65 bits per heavy atom. The molecule has 1 aromatic heterocycles. The molecule has 1 aliphatic heterocycles. The number of thioether (sulfide) groups is 1. The van der Waals surface area contributed by atoms with Gasteiger partial charge in [-0.1, -0.05) is 16.9 Å². The summed E-state index contributed by atoms with van der Waals surface area (Å²) in [5.74, 6) is -4.52. The molecule has 31 heavy (non-hydrogen) atoms. The predicted octanol–water partition coefficient (Wildman–Crippen LogP) is -0.361. The number of nitrogens with zero attached hydrogens (tertiary/aromatic N) is 3. The molecule has 5 N–H and O–H groups in total. The van der Waals surface area contributed by atoms with Gasteiger partial charge in [0.05, 0.1) is 5.54 Å². The van der Waals surface area contributed by atoms with Crippen molar-refractivity contribution in [2.24, 2.45) is 5.16 Å². The number of carboxylic acids is 2. The molecule has 0 saturated carbocycles. The van der Waals surface area contributed by atoms with Crippen molar-refractivity contribution in [3.8, 4) is 0 Å². The van der Waals surface area contributed by atoms with Crippen molar-refractivity contribution >= 4 is 57.7 Å². The minimum absolute atomic E-state index is 0.00615. The molecule has 13 nitrogen and oxygen atoms in total. The number of hydrogen-bond acceptors (Lipinski definition) is 11. The summed E-state index contributed by atoms with van der Waals surface area (Å²) in [5, 5.41) is 25.8. The van der Waals surface area contributed by atoms with Crippen LogP contribution in [0.25, 0.3) is 0 Å². The van der Waals surface area contributed by atoms with Gasteiger partial charge in [-0.2, -0.15) is 0 Å². The zero-order valence-corrected chi connectivity index (χ0v) is 17.7. The number of rotatable bonds is 11. The summed E-state index contributed by atoms with van der Waals surface area (Å²) in [5.41, 5.74) is 2.25. The van der Waals surface area contributed by atoms with Gasteiger partial charge < -0.3 is 26.1 Å². The van der Waals surface area contributed by atoms with E-state index in [9.17, 15) is 23.6 Å². The topological polar surface area (TPSA) is 194 Å². The lowest BCUT2D eigenvalue weighted by atomic mass is 9.84. The van der Waals surface area contributed by atoms with Gasteiger partial charge in [-0.3, -0.25) is 9.59 Å². The number of amides is 2. The van der Waals surface area contributed by atoms with Crippen molar-refractivity contribution in [1.29, 1.82) is 0 Å². The number of thiazole rings is 1. The molecule has 0 radical (unpaired) electrons. The van der Waals surface area contributed by atoms with Crippen LogP contribution < -0.4 is 11.1 Å². The molecule has 0 aliphatic carbocycles. The van der Waals surface area contributed by atoms with Gasteiger partial charge in [0.1, 0.15) is 17.7 Å². The van der Waals surface area contributed by atoms with Crippen LogP contribution in [0, 0.1) is 0 Å². The Hall–Kier alpha value is -2.98. The molecule has 1 saturated heterocycles. The normalized spacial score (nSPS) is 18.8. The number of hydrogen-bond donors (Lipinski definition) is 4. The van der Waals surface area contributed by atoms with E-state index in [-0.39, 0.29) is 10.8 Å². The molecule has 2 heterocycles. The second-order valence-corrected chi connectivity index (χ2v) is 8.29. The third kappa shape index (κ3) is 5.59. The molecule has 0 bridgehead atoms. The molecule has 170 valence electrons. The number of β-lactam (4-membered cyclic amide) rings is 1. The standard InChI is InChI=1S/C15H18FN5O8S2/c1-15(2)9(11(25)21(15)29-13(12(26)27)31-5-16)19-10(24)8(20-28-3-7(22)23)6-4-30-14(17)18-6/h4,9,13H,3,5H2,1-2H3,(H2,17,18)(H,19,24)(H,22,23)(H,26,27)/b20-8-/t9-,13?/m1/s1. The fourth-order valence-electron chi connectivity index (χ4n) is 2.43. The largest absolute Gasteiger partial charge is 0.479 e. The number of hydroxylamine groups is 2. The lowest BCUT2D eigenvalue weighted by Gasteiger charge is -2.52. The van der Waals surface area contributed by atoms with E-state index in [1.165, 1.54) is 19.2 Å². The molecule has 1 aromatic rings. The van der Waals surface area contributed by atoms with Crippen molar-refractivity contribution in [3.05, 3.63) is 11.1 Å². The summed E-state index contributed by atoms with van der Waals surface area (Å²) in [6.45, 7) is 2.14. The van der Waals surface area contributed by atoms with Crippen molar-refractivity contribution in [2.45, 2.75) is 30.9 Å². The number of nitrogen functional groups attached to an aromatic ring is 1. The monoisotopic (exact) mass is 479 g/mol. The van der Waals surface area contributed by atoms with Crippen LogP contribution in [-0.2, 0) is 28.9 Å². The highest BCUT2D eigenvalue weighted by molar-refractivity contribution is 8.00. The van der Waals surface area contributed by atoms with Crippen molar-refractivity contribution in [2.75, 3.05) is 18.3 Å². The summed E-state index contributed by atoms with van der Waals surface area (Å²) in [4.78, 5) is 60.5. The van der Waals surface area contributed by atoms with Crippen LogP contribution in [0.4, 0.5) is 9.52 Å². The lowest BCUT2D eigenvalue weighted by molar-refractivity contribution is -0.263. The summed E-state index contributed by atoms with van der Waals surface area (Å²) in [7, 11) is 0. The van der Waals surface area contributed by atoms with E-state index in [0.717, 1.165) is 16.4 Å². The van der Waals surface area contributed by atoms with E-state index in [0.29, 0.717) is 11.8 Å². The third-order valence-electron chi connectivity index (χ3n) is 3.89. The van der Waals surface area contributed by atoms with Crippen LogP contribution in [0.1, 0.15) is 19.5 Å². The van der Waals surface area contributed by atoms with E-state index < -0.39 is 59.1 Å². The van der Waals surface area contributed by atoms with Crippen LogP contribution in [0.15, 0.2) is 10.5 Å². The van der Waals surface area contributed by atoms with Crippen LogP contribution in [-0.4, -0.2) is 79.4 Å². The lowest BCUT2D eigenvalue weighted by Crippen LogP contribution is -2.77. The molecule has 1 aliphatic rings. The van der Waals surface area contributed by atoms with Gasteiger partial charge in [-0.15, -0.1) is 11.3 Å². The molecule has 1 fully saturated rings. The molecule has 2 amide bonds. The SMILES string of the molecule is CC1(C)[C@H](NC(=O)/C(=N\OCC(=O)O)c2csc(N)n2)C(=O)N1OC(SCF)C(=O)O. The number of anilines is 1. The number of oxime groups is 1. The van der Waals surface area contributed by atoms with Gasteiger partial charge in [-0.25, -0.2) is 28.9 Å². The summed E-state index contributed by atoms with van der Waals surface area (Å²) < 4.78 is 12.5. The fraction of sp³-hybridized carbons (Fsp3) is 0.467. The van der Waals surface area contributed by atoms with E-state index >= 15 is 0 Å². The quantitative estimate of drug-likeness (QED) is 0.140. The van der Waals surface area contributed by atoms with Crippen molar-refractivity contribution < 1.29 is 43.5 Å². The first-order chi connectivity index (χ1) is 14.5. The highest BCUT2D eigenvalue weighted by Crippen LogP contribution is 2.34. The summed E-state index contributed by atoms with van der Waals surface area (Å²) in [6, 6.07) is -2.21.